The summed E-state index contributed by atoms with van der Waals surface area (Å²) in [6.45, 7) is -0.571. The molecule has 1 saturated carbocycles. The lowest BCUT2D eigenvalue weighted by atomic mass is 9.69. The predicted octanol–water partition coefficient (Wildman–Crippen LogP) is -0.732. The van der Waals surface area contributed by atoms with Crippen molar-refractivity contribution in [3.8, 4) is 0 Å². The van der Waals surface area contributed by atoms with Gasteiger partial charge in [0.15, 0.2) is 0 Å². The summed E-state index contributed by atoms with van der Waals surface area (Å²) in [7, 11) is 0. The first-order valence-electron chi connectivity index (χ1n) is 5.12. The van der Waals surface area contributed by atoms with Crippen LogP contribution in [0.3, 0.4) is 0 Å². The van der Waals surface area contributed by atoms with E-state index in [1.54, 1.807) is 0 Å². The number of aliphatic hydroxyl groups excluding tert-OH is 2. The molecule has 0 aromatic rings. The van der Waals surface area contributed by atoms with Crippen molar-refractivity contribution in [3.05, 3.63) is 0 Å². The fourth-order valence-corrected chi connectivity index (χ4v) is 2.09. The molecule has 0 bridgehead atoms. The van der Waals surface area contributed by atoms with E-state index in [0.717, 1.165) is 0 Å². The average molecular weight is 256 g/mol. The van der Waals surface area contributed by atoms with Crippen molar-refractivity contribution in [1.29, 1.82) is 0 Å². The third kappa shape index (κ3) is 3.55. The van der Waals surface area contributed by atoms with Gasteiger partial charge in [0, 0.05) is 11.6 Å². The molecule has 0 saturated heterocycles. The molecule has 100 valence electrons. The molecule has 1 fully saturated rings. The summed E-state index contributed by atoms with van der Waals surface area (Å²) >= 11 is 0. The number of carbonyl (C=O) groups excluding carboxylic acids is 1. The zero-order valence-corrected chi connectivity index (χ0v) is 9.00. The number of rotatable bonds is 4. The van der Waals surface area contributed by atoms with Crippen LogP contribution >= 0.6 is 0 Å². The summed E-state index contributed by atoms with van der Waals surface area (Å²) in [5.41, 5.74) is 4.32. The highest BCUT2D eigenvalue weighted by molar-refractivity contribution is 5.82. The first-order chi connectivity index (χ1) is 7.68. The van der Waals surface area contributed by atoms with Crippen molar-refractivity contribution in [2.45, 2.75) is 43.1 Å². The topological polar surface area (TPSA) is 95.6 Å². The molecule has 0 aromatic heterocycles. The van der Waals surface area contributed by atoms with Gasteiger partial charge in [-0.25, -0.2) is 0 Å². The van der Waals surface area contributed by atoms with Crippen molar-refractivity contribution in [2.75, 3.05) is 6.61 Å². The van der Waals surface area contributed by atoms with Crippen LogP contribution in [0.15, 0.2) is 0 Å². The van der Waals surface area contributed by atoms with E-state index < -0.39 is 30.3 Å². The monoisotopic (exact) mass is 256 g/mol. The van der Waals surface area contributed by atoms with Gasteiger partial charge in [-0.15, -0.1) is 0 Å². The Bertz CT molecular complexity index is 290. The lowest BCUT2D eigenvalue weighted by molar-refractivity contribution is -0.177. The van der Waals surface area contributed by atoms with Crippen LogP contribution in [0.2, 0.25) is 0 Å². The second-order valence-corrected chi connectivity index (χ2v) is 4.44. The zero-order chi connectivity index (χ0) is 13.3. The Morgan fingerprint density at radius 1 is 1.53 bits per heavy atom. The number of hydrogen-bond acceptors (Lipinski definition) is 4. The molecule has 1 atom stereocenters. The molecular weight excluding hydrogens is 241 g/mol. The Morgan fingerprint density at radius 3 is 2.41 bits per heavy atom. The third-order valence-corrected chi connectivity index (χ3v) is 2.78. The standard InChI is InChI=1S/C9H15F3N2O3/c10-9(11,12)7(17)14-8(1-5(13)2-8)3-6(16)4-15/h5-6,15-16H,1-4,13H2,(H,14,17)/t5-,6?,8-. The van der Waals surface area contributed by atoms with Crippen molar-refractivity contribution in [2.24, 2.45) is 5.73 Å². The van der Waals surface area contributed by atoms with Crippen LogP contribution in [0, 0.1) is 0 Å². The summed E-state index contributed by atoms with van der Waals surface area (Å²) in [6, 6.07) is -0.297. The highest BCUT2D eigenvalue weighted by atomic mass is 19.4. The number of amides is 1. The van der Waals surface area contributed by atoms with Crippen LogP contribution in [-0.4, -0.2) is 46.6 Å². The van der Waals surface area contributed by atoms with Gasteiger partial charge in [0.2, 0.25) is 0 Å². The molecule has 5 nitrogen and oxygen atoms in total. The minimum Gasteiger partial charge on any atom is -0.394 e. The number of aliphatic hydroxyl groups is 2. The fraction of sp³-hybridized carbons (Fsp3) is 0.889. The molecule has 0 aromatic carbocycles. The summed E-state index contributed by atoms with van der Waals surface area (Å²) in [6.07, 6.45) is -5.95. The van der Waals surface area contributed by atoms with Crippen LogP contribution in [0.5, 0.6) is 0 Å². The van der Waals surface area contributed by atoms with Crippen molar-refractivity contribution < 1.29 is 28.2 Å². The molecule has 1 aliphatic carbocycles. The third-order valence-electron chi connectivity index (χ3n) is 2.78. The summed E-state index contributed by atoms with van der Waals surface area (Å²) < 4.78 is 36.3. The zero-order valence-electron chi connectivity index (χ0n) is 9.00. The van der Waals surface area contributed by atoms with E-state index in [1.807, 2.05) is 5.32 Å². The Kier molecular flexibility index (Phi) is 4.00. The number of carbonyl (C=O) groups is 1. The van der Waals surface area contributed by atoms with E-state index in [9.17, 15) is 23.1 Å². The largest absolute Gasteiger partial charge is 0.471 e. The van der Waals surface area contributed by atoms with Gasteiger partial charge >= 0.3 is 12.1 Å². The van der Waals surface area contributed by atoms with Gasteiger partial charge < -0.3 is 21.3 Å². The maximum atomic E-state index is 12.1. The van der Waals surface area contributed by atoms with E-state index in [1.165, 1.54) is 0 Å². The number of alkyl halides is 3. The van der Waals surface area contributed by atoms with E-state index in [4.69, 9.17) is 10.8 Å². The van der Waals surface area contributed by atoms with Crippen LogP contribution < -0.4 is 11.1 Å². The second-order valence-electron chi connectivity index (χ2n) is 4.44. The Hall–Kier alpha value is -0.860. The molecule has 1 rings (SSSR count). The predicted molar refractivity (Wildman–Crippen MR) is 51.8 cm³/mol. The molecular formula is C9H15F3N2O3. The minimum atomic E-state index is -4.96. The molecule has 1 unspecified atom stereocenters. The maximum absolute atomic E-state index is 12.1. The Morgan fingerprint density at radius 2 is 2.06 bits per heavy atom. The van der Waals surface area contributed by atoms with Gasteiger partial charge in [-0.1, -0.05) is 0 Å². The van der Waals surface area contributed by atoms with Crippen LogP contribution in [0.1, 0.15) is 19.3 Å². The first kappa shape index (κ1) is 14.2. The Labute approximate surface area is 95.8 Å². The average Bonchev–Trinajstić information content (AvgIpc) is 2.13. The van der Waals surface area contributed by atoms with E-state index in [0.29, 0.717) is 0 Å². The van der Waals surface area contributed by atoms with Gasteiger partial charge in [0.25, 0.3) is 0 Å². The fourth-order valence-electron chi connectivity index (χ4n) is 2.09. The highest BCUT2D eigenvalue weighted by Crippen LogP contribution is 2.36. The SMILES string of the molecule is N[C@H]1C[C@](CC(O)CO)(NC(=O)C(F)(F)F)C1. The molecule has 8 heteroatoms. The molecule has 17 heavy (non-hydrogen) atoms. The van der Waals surface area contributed by atoms with Crippen LogP contribution in [0.25, 0.3) is 0 Å². The lowest BCUT2D eigenvalue weighted by Crippen LogP contribution is -2.64. The normalized spacial score (nSPS) is 30.6. The number of nitrogens with two attached hydrogens (primary N) is 1. The number of nitrogens with one attached hydrogen (secondary N) is 1. The van der Waals surface area contributed by atoms with Gasteiger partial charge in [0.05, 0.1) is 12.7 Å². The first-order valence-corrected chi connectivity index (χ1v) is 5.12. The van der Waals surface area contributed by atoms with Gasteiger partial charge in [-0.2, -0.15) is 13.2 Å². The van der Waals surface area contributed by atoms with E-state index in [-0.39, 0.29) is 25.3 Å². The van der Waals surface area contributed by atoms with Crippen molar-refractivity contribution >= 4 is 5.91 Å². The van der Waals surface area contributed by atoms with Gasteiger partial charge in [-0.05, 0) is 19.3 Å². The van der Waals surface area contributed by atoms with E-state index >= 15 is 0 Å². The minimum absolute atomic E-state index is 0.140. The summed E-state index contributed by atoms with van der Waals surface area (Å²) in [4.78, 5) is 10.8. The van der Waals surface area contributed by atoms with Crippen LogP contribution in [-0.2, 0) is 4.79 Å². The quantitative estimate of drug-likeness (QED) is 0.533. The van der Waals surface area contributed by atoms with Gasteiger partial charge in [-0.3, -0.25) is 4.79 Å². The van der Waals surface area contributed by atoms with Gasteiger partial charge in [0.1, 0.15) is 0 Å². The van der Waals surface area contributed by atoms with Crippen molar-refractivity contribution in [3.63, 3.8) is 0 Å². The van der Waals surface area contributed by atoms with Crippen molar-refractivity contribution in [1.82, 2.24) is 5.32 Å². The summed E-state index contributed by atoms with van der Waals surface area (Å²) in [5.74, 6) is -2.05. The molecule has 5 N–H and O–H groups in total. The maximum Gasteiger partial charge on any atom is 0.471 e. The highest BCUT2D eigenvalue weighted by Gasteiger charge is 2.49. The molecule has 1 aliphatic rings. The lowest BCUT2D eigenvalue weighted by Gasteiger charge is -2.47. The summed E-state index contributed by atoms with van der Waals surface area (Å²) in [5, 5.41) is 19.7. The molecule has 0 heterocycles. The van der Waals surface area contributed by atoms with Crippen LogP contribution in [0.4, 0.5) is 13.2 Å². The number of halogens is 3. The molecule has 0 aliphatic heterocycles. The van der Waals surface area contributed by atoms with E-state index in [2.05, 4.69) is 0 Å². The molecule has 0 spiro atoms. The number of hydrogen-bond donors (Lipinski definition) is 4. The smallest absolute Gasteiger partial charge is 0.394 e. The second kappa shape index (κ2) is 4.79. The molecule has 1 amide bonds. The molecule has 0 radical (unpaired) electrons. The Balaban J connectivity index is 2.64.